The fourth-order valence-corrected chi connectivity index (χ4v) is 0.959. The number of carbonyl (C=O) groups is 1. The first kappa shape index (κ1) is 16.2. The molecule has 0 heterocycles. The standard InChI is InChI=1S/C10H18F3NO3/c1-9(2,6-15)14(3)8(16)4-5-17-7-10(11,12)13/h15H,4-7H2,1-3H3. The van der Waals surface area contributed by atoms with E-state index in [1.165, 1.54) is 11.9 Å². The lowest BCUT2D eigenvalue weighted by Crippen LogP contribution is -2.47. The summed E-state index contributed by atoms with van der Waals surface area (Å²) in [6.07, 6.45) is -4.52. The molecule has 7 heteroatoms. The number of likely N-dealkylation sites (N-methyl/N-ethyl adjacent to an activating group) is 1. The molecular formula is C10H18F3NO3. The molecule has 102 valence electrons. The van der Waals surface area contributed by atoms with E-state index in [1.54, 1.807) is 13.8 Å². The third kappa shape index (κ3) is 6.48. The Morgan fingerprint density at radius 3 is 2.29 bits per heavy atom. The second kappa shape index (κ2) is 6.20. The monoisotopic (exact) mass is 257 g/mol. The summed E-state index contributed by atoms with van der Waals surface area (Å²) in [7, 11) is 1.49. The first-order valence-corrected chi connectivity index (χ1v) is 5.12. The van der Waals surface area contributed by atoms with E-state index in [0.29, 0.717) is 0 Å². The van der Waals surface area contributed by atoms with Gasteiger partial charge in [0.1, 0.15) is 6.61 Å². The molecule has 0 aliphatic carbocycles. The third-order valence-electron chi connectivity index (χ3n) is 2.40. The Hall–Kier alpha value is -0.820. The van der Waals surface area contributed by atoms with Gasteiger partial charge in [-0.15, -0.1) is 0 Å². The molecule has 17 heavy (non-hydrogen) atoms. The van der Waals surface area contributed by atoms with Crippen molar-refractivity contribution in [2.75, 3.05) is 26.9 Å². The van der Waals surface area contributed by atoms with E-state index in [1.807, 2.05) is 0 Å². The molecule has 0 aromatic heterocycles. The van der Waals surface area contributed by atoms with Gasteiger partial charge in [-0.3, -0.25) is 4.79 Å². The van der Waals surface area contributed by atoms with Crippen LogP contribution in [-0.4, -0.2) is 54.5 Å². The molecule has 0 fully saturated rings. The van der Waals surface area contributed by atoms with Gasteiger partial charge in [-0.2, -0.15) is 13.2 Å². The molecule has 1 amide bonds. The molecule has 1 N–H and O–H groups in total. The molecule has 0 aromatic carbocycles. The number of aliphatic hydroxyl groups excluding tert-OH is 1. The van der Waals surface area contributed by atoms with Crippen molar-refractivity contribution in [2.45, 2.75) is 32.0 Å². The Morgan fingerprint density at radius 2 is 1.88 bits per heavy atom. The summed E-state index contributed by atoms with van der Waals surface area (Å²) in [6, 6.07) is 0. The van der Waals surface area contributed by atoms with Crippen molar-refractivity contribution in [1.29, 1.82) is 0 Å². The zero-order valence-electron chi connectivity index (χ0n) is 10.2. The van der Waals surface area contributed by atoms with E-state index in [9.17, 15) is 18.0 Å². The first-order chi connectivity index (χ1) is 7.60. The van der Waals surface area contributed by atoms with E-state index in [4.69, 9.17) is 5.11 Å². The number of amides is 1. The Morgan fingerprint density at radius 1 is 1.35 bits per heavy atom. The topological polar surface area (TPSA) is 49.8 Å². The lowest BCUT2D eigenvalue weighted by atomic mass is 10.0. The molecule has 0 bridgehead atoms. The number of aliphatic hydroxyl groups is 1. The van der Waals surface area contributed by atoms with Crippen molar-refractivity contribution in [1.82, 2.24) is 4.90 Å². The van der Waals surface area contributed by atoms with Crippen LogP contribution in [0, 0.1) is 0 Å². The maximum absolute atomic E-state index is 11.7. The summed E-state index contributed by atoms with van der Waals surface area (Å²) in [5.41, 5.74) is -0.735. The van der Waals surface area contributed by atoms with Gasteiger partial charge in [-0.05, 0) is 13.8 Å². The fourth-order valence-electron chi connectivity index (χ4n) is 0.959. The number of halogens is 3. The van der Waals surface area contributed by atoms with Crippen molar-refractivity contribution >= 4 is 5.91 Å². The van der Waals surface area contributed by atoms with Gasteiger partial charge >= 0.3 is 6.18 Å². The number of hydrogen-bond donors (Lipinski definition) is 1. The summed E-state index contributed by atoms with van der Waals surface area (Å²) in [5, 5.41) is 9.02. The number of alkyl halides is 3. The van der Waals surface area contributed by atoms with Crippen LogP contribution in [0.5, 0.6) is 0 Å². The molecular weight excluding hydrogens is 239 g/mol. The van der Waals surface area contributed by atoms with Crippen LogP contribution in [0.2, 0.25) is 0 Å². The largest absolute Gasteiger partial charge is 0.411 e. The molecule has 0 saturated carbocycles. The van der Waals surface area contributed by atoms with E-state index in [0.717, 1.165) is 0 Å². The number of carbonyl (C=O) groups excluding carboxylic acids is 1. The highest BCUT2D eigenvalue weighted by Crippen LogP contribution is 2.15. The number of hydrogen-bond acceptors (Lipinski definition) is 3. The Kier molecular flexibility index (Phi) is 5.91. The van der Waals surface area contributed by atoms with Crippen LogP contribution in [0.4, 0.5) is 13.2 Å². The minimum absolute atomic E-state index is 0.143. The molecule has 0 radical (unpaired) electrons. The van der Waals surface area contributed by atoms with Crippen LogP contribution < -0.4 is 0 Å². The zero-order chi connectivity index (χ0) is 13.7. The van der Waals surface area contributed by atoms with Gasteiger partial charge in [-0.25, -0.2) is 0 Å². The fraction of sp³-hybridized carbons (Fsp3) is 0.900. The molecule has 0 aliphatic heterocycles. The van der Waals surface area contributed by atoms with E-state index >= 15 is 0 Å². The predicted molar refractivity (Wildman–Crippen MR) is 55.4 cm³/mol. The molecule has 0 aromatic rings. The molecule has 0 unspecified atom stereocenters. The molecule has 0 rings (SSSR count). The van der Waals surface area contributed by atoms with Crippen LogP contribution in [0.15, 0.2) is 0 Å². The Balaban J connectivity index is 3.95. The SMILES string of the molecule is CN(C(=O)CCOCC(F)(F)F)C(C)(C)CO. The van der Waals surface area contributed by atoms with Crippen LogP contribution >= 0.6 is 0 Å². The maximum Gasteiger partial charge on any atom is 0.411 e. The zero-order valence-corrected chi connectivity index (χ0v) is 10.2. The summed E-state index contributed by atoms with van der Waals surface area (Å²) >= 11 is 0. The average Bonchev–Trinajstić information content (AvgIpc) is 2.21. The summed E-state index contributed by atoms with van der Waals surface area (Å²) < 4.78 is 39.5. The average molecular weight is 257 g/mol. The summed E-state index contributed by atoms with van der Waals surface area (Å²) in [4.78, 5) is 12.8. The lowest BCUT2D eigenvalue weighted by molar-refractivity contribution is -0.175. The van der Waals surface area contributed by atoms with Crippen LogP contribution in [0.3, 0.4) is 0 Å². The Labute approximate surface area is 98.3 Å². The molecule has 0 saturated heterocycles. The number of rotatable bonds is 6. The first-order valence-electron chi connectivity index (χ1n) is 5.12. The minimum atomic E-state index is -4.38. The van der Waals surface area contributed by atoms with E-state index in [-0.39, 0.29) is 25.5 Å². The third-order valence-corrected chi connectivity index (χ3v) is 2.40. The van der Waals surface area contributed by atoms with Crippen molar-refractivity contribution in [3.8, 4) is 0 Å². The summed E-state index contributed by atoms with van der Waals surface area (Å²) in [5.74, 6) is -0.369. The number of ether oxygens (including phenoxy) is 1. The van der Waals surface area contributed by atoms with Crippen LogP contribution in [-0.2, 0) is 9.53 Å². The normalized spacial score (nSPS) is 12.6. The Bertz CT molecular complexity index is 254. The molecule has 0 spiro atoms. The highest BCUT2D eigenvalue weighted by Gasteiger charge is 2.29. The maximum atomic E-state index is 11.7. The van der Waals surface area contributed by atoms with Crippen LogP contribution in [0.1, 0.15) is 20.3 Å². The van der Waals surface area contributed by atoms with Gasteiger partial charge in [-0.1, -0.05) is 0 Å². The van der Waals surface area contributed by atoms with Crippen LogP contribution in [0.25, 0.3) is 0 Å². The van der Waals surface area contributed by atoms with Gasteiger partial charge in [0.05, 0.1) is 25.2 Å². The van der Waals surface area contributed by atoms with Crippen molar-refractivity contribution in [3.63, 3.8) is 0 Å². The molecule has 4 nitrogen and oxygen atoms in total. The quantitative estimate of drug-likeness (QED) is 0.727. The highest BCUT2D eigenvalue weighted by molar-refractivity contribution is 5.76. The van der Waals surface area contributed by atoms with E-state index in [2.05, 4.69) is 4.74 Å². The highest BCUT2D eigenvalue weighted by atomic mass is 19.4. The van der Waals surface area contributed by atoms with Gasteiger partial charge < -0.3 is 14.7 Å². The lowest BCUT2D eigenvalue weighted by Gasteiger charge is -2.34. The number of nitrogens with zero attached hydrogens (tertiary/aromatic N) is 1. The van der Waals surface area contributed by atoms with Gasteiger partial charge in [0.15, 0.2) is 0 Å². The second-order valence-corrected chi connectivity index (χ2v) is 4.34. The van der Waals surface area contributed by atoms with Crippen molar-refractivity contribution in [2.24, 2.45) is 0 Å². The van der Waals surface area contributed by atoms with Gasteiger partial charge in [0.2, 0.25) is 5.91 Å². The van der Waals surface area contributed by atoms with E-state index < -0.39 is 18.3 Å². The molecule has 0 aliphatic rings. The minimum Gasteiger partial charge on any atom is -0.394 e. The second-order valence-electron chi connectivity index (χ2n) is 4.34. The van der Waals surface area contributed by atoms with Gasteiger partial charge in [0.25, 0.3) is 0 Å². The van der Waals surface area contributed by atoms with Gasteiger partial charge in [0, 0.05) is 7.05 Å². The molecule has 0 atom stereocenters. The van der Waals surface area contributed by atoms with Crippen molar-refractivity contribution < 1.29 is 27.8 Å². The van der Waals surface area contributed by atoms with Crippen molar-refractivity contribution in [3.05, 3.63) is 0 Å². The smallest absolute Gasteiger partial charge is 0.394 e. The summed E-state index contributed by atoms with van der Waals surface area (Å²) in [6.45, 7) is 1.44. The predicted octanol–water partition coefficient (Wildman–Crippen LogP) is 1.18.